The van der Waals surface area contributed by atoms with E-state index in [1.807, 2.05) is 60.7 Å². The van der Waals surface area contributed by atoms with E-state index in [0.29, 0.717) is 0 Å². The van der Waals surface area contributed by atoms with Gasteiger partial charge < -0.3 is 0 Å². The first-order valence-electron chi connectivity index (χ1n) is 6.63. The number of carbonyl (C=O) groups is 2. The van der Waals surface area contributed by atoms with Crippen molar-refractivity contribution in [2.45, 2.75) is 0 Å². The second-order valence-electron chi connectivity index (χ2n) is 4.65. The van der Waals surface area contributed by atoms with Gasteiger partial charge in [-0.3, -0.25) is 9.59 Å². The Morgan fingerprint density at radius 1 is 0.714 bits per heavy atom. The Morgan fingerprint density at radius 2 is 1.14 bits per heavy atom. The fourth-order valence-corrected chi connectivity index (χ4v) is 2.22. The van der Waals surface area contributed by atoms with Crippen molar-refractivity contribution >= 4 is 17.4 Å². The van der Waals surface area contributed by atoms with Crippen LogP contribution in [0.3, 0.4) is 0 Å². The third kappa shape index (κ3) is 2.67. The monoisotopic (exact) mass is 275 g/mol. The fourth-order valence-electron chi connectivity index (χ4n) is 2.22. The van der Waals surface area contributed by atoms with Crippen LogP contribution in [0.15, 0.2) is 79.0 Å². The molecular weight excluding hydrogens is 262 g/mol. The molecule has 0 unspecified atom stereocenters. The molecule has 2 amide bonds. The second-order valence-corrected chi connectivity index (χ2v) is 4.65. The highest BCUT2D eigenvalue weighted by Crippen LogP contribution is 2.24. The van der Waals surface area contributed by atoms with E-state index in [-0.39, 0.29) is 11.8 Å². The molecule has 21 heavy (non-hydrogen) atoms. The van der Waals surface area contributed by atoms with Gasteiger partial charge >= 0.3 is 0 Å². The summed E-state index contributed by atoms with van der Waals surface area (Å²) < 4.78 is 0. The molecule has 0 aromatic heterocycles. The zero-order chi connectivity index (χ0) is 14.7. The van der Waals surface area contributed by atoms with E-state index >= 15 is 0 Å². The number of rotatable bonds is 3. The first-order chi connectivity index (χ1) is 10.3. The Morgan fingerprint density at radius 3 is 1.57 bits per heavy atom. The summed E-state index contributed by atoms with van der Waals surface area (Å²) in [5.41, 5.74) is 2.74. The molecular formula is C18H13NO2. The number of benzene rings is 2. The van der Waals surface area contributed by atoms with Gasteiger partial charge in [-0.15, -0.1) is 0 Å². The zero-order valence-electron chi connectivity index (χ0n) is 11.3. The van der Waals surface area contributed by atoms with Crippen molar-refractivity contribution in [3.8, 4) is 0 Å². The van der Waals surface area contributed by atoms with E-state index < -0.39 is 0 Å². The maximum absolute atomic E-state index is 11.8. The van der Waals surface area contributed by atoms with Crippen LogP contribution in [-0.2, 0) is 9.59 Å². The molecule has 0 radical (unpaired) electrons. The molecule has 2 aromatic carbocycles. The van der Waals surface area contributed by atoms with Crippen LogP contribution in [0.2, 0.25) is 0 Å². The van der Waals surface area contributed by atoms with Crippen LogP contribution in [0.25, 0.3) is 5.57 Å². The number of nitrogens with zero attached hydrogens (tertiary/aromatic N) is 1. The number of amides is 2. The molecule has 0 atom stereocenters. The van der Waals surface area contributed by atoms with Crippen molar-refractivity contribution in [1.29, 1.82) is 0 Å². The van der Waals surface area contributed by atoms with Crippen LogP contribution in [0.5, 0.6) is 0 Å². The molecule has 0 saturated heterocycles. The number of hydrogen-bond acceptors (Lipinski definition) is 2. The molecule has 102 valence electrons. The van der Waals surface area contributed by atoms with Gasteiger partial charge in [0.15, 0.2) is 0 Å². The maximum Gasteiger partial charge on any atom is 0.257 e. The molecule has 0 saturated carbocycles. The lowest BCUT2D eigenvalue weighted by Crippen LogP contribution is -2.24. The van der Waals surface area contributed by atoms with Crippen LogP contribution < -0.4 is 0 Å². The van der Waals surface area contributed by atoms with Gasteiger partial charge in [0.25, 0.3) is 11.8 Å². The van der Waals surface area contributed by atoms with Gasteiger partial charge in [0.2, 0.25) is 0 Å². The summed E-state index contributed by atoms with van der Waals surface area (Å²) in [5.74, 6) is -0.631. The number of hydrogen-bond donors (Lipinski definition) is 0. The molecule has 0 N–H and O–H groups in total. The topological polar surface area (TPSA) is 37.4 Å². The van der Waals surface area contributed by atoms with Gasteiger partial charge in [-0.1, -0.05) is 60.7 Å². The lowest BCUT2D eigenvalue weighted by molar-refractivity contribution is -0.133. The standard InChI is InChI=1S/C18H13NO2/c20-17-11-12-18(21)19(17)13-16(14-7-3-1-4-8-14)15-9-5-2-6-10-15/h1-13H. The van der Waals surface area contributed by atoms with Crippen molar-refractivity contribution < 1.29 is 9.59 Å². The first kappa shape index (κ1) is 13.1. The predicted octanol–water partition coefficient (Wildman–Crippen LogP) is 3.00. The minimum Gasteiger partial charge on any atom is -0.269 e. The highest BCUT2D eigenvalue weighted by molar-refractivity contribution is 6.14. The van der Waals surface area contributed by atoms with Gasteiger partial charge in [-0.25, -0.2) is 4.90 Å². The first-order valence-corrected chi connectivity index (χ1v) is 6.63. The normalized spacial score (nSPS) is 13.6. The second kappa shape index (κ2) is 5.59. The smallest absolute Gasteiger partial charge is 0.257 e. The maximum atomic E-state index is 11.8. The van der Waals surface area contributed by atoms with Crippen LogP contribution >= 0.6 is 0 Å². The van der Waals surface area contributed by atoms with Crippen molar-refractivity contribution in [3.63, 3.8) is 0 Å². The van der Waals surface area contributed by atoms with Gasteiger partial charge in [-0.05, 0) is 11.1 Å². The molecule has 3 rings (SSSR count). The fraction of sp³-hybridized carbons (Fsp3) is 0. The SMILES string of the molecule is O=C1C=CC(=O)N1C=C(c1ccccc1)c1ccccc1. The van der Waals surface area contributed by atoms with E-state index in [2.05, 4.69) is 0 Å². The molecule has 0 bridgehead atoms. The quantitative estimate of drug-likeness (QED) is 0.807. The third-order valence-corrected chi connectivity index (χ3v) is 3.27. The Balaban J connectivity index is 2.09. The van der Waals surface area contributed by atoms with Crippen molar-refractivity contribution in [2.75, 3.05) is 0 Å². The van der Waals surface area contributed by atoms with Gasteiger partial charge in [-0.2, -0.15) is 0 Å². The van der Waals surface area contributed by atoms with Crippen molar-refractivity contribution in [3.05, 3.63) is 90.1 Å². The van der Waals surface area contributed by atoms with E-state index in [1.165, 1.54) is 12.2 Å². The zero-order valence-corrected chi connectivity index (χ0v) is 11.3. The summed E-state index contributed by atoms with van der Waals surface area (Å²) in [6.45, 7) is 0. The molecule has 3 nitrogen and oxygen atoms in total. The molecule has 0 aliphatic carbocycles. The molecule has 0 fully saturated rings. The number of imide groups is 1. The van der Waals surface area contributed by atoms with Gasteiger partial charge in [0.1, 0.15) is 0 Å². The largest absolute Gasteiger partial charge is 0.269 e. The average molecular weight is 275 g/mol. The Labute approximate surface area is 122 Å². The van der Waals surface area contributed by atoms with Gasteiger partial charge in [0.05, 0.1) is 0 Å². The molecule has 0 spiro atoms. The highest BCUT2D eigenvalue weighted by atomic mass is 16.2. The Hall–Kier alpha value is -2.94. The van der Waals surface area contributed by atoms with E-state index in [0.717, 1.165) is 21.6 Å². The highest BCUT2D eigenvalue weighted by Gasteiger charge is 2.22. The van der Waals surface area contributed by atoms with E-state index in [9.17, 15) is 9.59 Å². The summed E-state index contributed by atoms with van der Waals surface area (Å²) in [7, 11) is 0. The molecule has 3 heteroatoms. The Bertz CT molecular complexity index is 671. The Kier molecular flexibility index (Phi) is 3.48. The van der Waals surface area contributed by atoms with E-state index in [4.69, 9.17) is 0 Å². The van der Waals surface area contributed by atoms with Crippen LogP contribution in [0.4, 0.5) is 0 Å². The summed E-state index contributed by atoms with van der Waals surface area (Å²) in [5, 5.41) is 0. The predicted molar refractivity (Wildman–Crippen MR) is 81.0 cm³/mol. The molecule has 1 heterocycles. The summed E-state index contributed by atoms with van der Waals surface area (Å²) >= 11 is 0. The van der Waals surface area contributed by atoms with Crippen LogP contribution in [0, 0.1) is 0 Å². The average Bonchev–Trinajstić information content (AvgIpc) is 2.85. The molecule has 1 aliphatic rings. The molecule has 1 aliphatic heterocycles. The van der Waals surface area contributed by atoms with Crippen LogP contribution in [-0.4, -0.2) is 16.7 Å². The number of carbonyl (C=O) groups excluding carboxylic acids is 2. The lowest BCUT2D eigenvalue weighted by Gasteiger charge is -2.13. The lowest BCUT2D eigenvalue weighted by atomic mass is 9.99. The van der Waals surface area contributed by atoms with Gasteiger partial charge in [0, 0.05) is 23.9 Å². The third-order valence-electron chi connectivity index (χ3n) is 3.27. The minimum atomic E-state index is -0.315. The summed E-state index contributed by atoms with van der Waals surface area (Å²) in [4.78, 5) is 24.6. The van der Waals surface area contributed by atoms with Crippen molar-refractivity contribution in [1.82, 2.24) is 4.90 Å². The summed E-state index contributed by atoms with van der Waals surface area (Å²) in [6.07, 6.45) is 4.17. The summed E-state index contributed by atoms with van der Waals surface area (Å²) in [6, 6.07) is 19.4. The van der Waals surface area contributed by atoms with Crippen molar-refractivity contribution in [2.24, 2.45) is 0 Å². The molecule has 2 aromatic rings. The van der Waals surface area contributed by atoms with E-state index in [1.54, 1.807) is 6.20 Å². The van der Waals surface area contributed by atoms with Crippen LogP contribution in [0.1, 0.15) is 11.1 Å². The minimum absolute atomic E-state index is 0.315.